The fourth-order valence-corrected chi connectivity index (χ4v) is 1.86. The molecule has 0 fully saturated rings. The molecule has 0 spiro atoms. The highest BCUT2D eigenvalue weighted by molar-refractivity contribution is 5.85. The second-order valence-electron chi connectivity index (χ2n) is 4.46. The molecule has 0 amide bonds. The van der Waals surface area contributed by atoms with Gasteiger partial charge in [0, 0.05) is 18.3 Å². The van der Waals surface area contributed by atoms with E-state index < -0.39 is 5.97 Å². The van der Waals surface area contributed by atoms with Crippen LogP contribution in [0.3, 0.4) is 0 Å². The van der Waals surface area contributed by atoms with Crippen LogP contribution in [0.15, 0.2) is 36.7 Å². The Labute approximate surface area is 112 Å². The van der Waals surface area contributed by atoms with Crippen LogP contribution in [-0.2, 0) is 11.3 Å². The predicted molar refractivity (Wildman–Crippen MR) is 73.9 cm³/mol. The highest BCUT2D eigenvalue weighted by atomic mass is 16.4. The van der Waals surface area contributed by atoms with Gasteiger partial charge in [0.1, 0.15) is 0 Å². The van der Waals surface area contributed by atoms with Crippen LogP contribution in [0.4, 0.5) is 0 Å². The molecule has 2 rings (SSSR count). The number of hydrogen-bond acceptors (Lipinski definition) is 2. The lowest BCUT2D eigenvalue weighted by Gasteiger charge is -2.06. The molecule has 0 radical (unpaired) electrons. The molecular formula is C15H16N2O2. The van der Waals surface area contributed by atoms with Gasteiger partial charge in [0.25, 0.3) is 0 Å². The maximum Gasteiger partial charge on any atom is 0.328 e. The van der Waals surface area contributed by atoms with E-state index in [2.05, 4.69) is 9.55 Å². The van der Waals surface area contributed by atoms with Gasteiger partial charge >= 0.3 is 5.97 Å². The molecule has 0 aliphatic carbocycles. The highest BCUT2D eigenvalue weighted by Crippen LogP contribution is 2.11. The number of aliphatic carboxylic acids is 1. The number of aryl methyl sites for hydroxylation is 1. The van der Waals surface area contributed by atoms with Crippen LogP contribution in [0.5, 0.6) is 0 Å². The zero-order valence-corrected chi connectivity index (χ0v) is 11.0. The van der Waals surface area contributed by atoms with Gasteiger partial charge in [-0.25, -0.2) is 9.78 Å². The molecule has 0 saturated carbocycles. The fourth-order valence-electron chi connectivity index (χ4n) is 1.86. The van der Waals surface area contributed by atoms with Gasteiger partial charge in [-0.3, -0.25) is 0 Å². The van der Waals surface area contributed by atoms with Gasteiger partial charge in [-0.05, 0) is 37.1 Å². The van der Waals surface area contributed by atoms with Gasteiger partial charge in [0.15, 0.2) is 0 Å². The standard InChI is InChI=1S/C15H16N2O2/c1-11-12(2)17(10-16-11)9-14-5-3-4-13(8-14)6-7-15(18)19/h3-8,10H,9H2,1-2H3,(H,18,19). The van der Waals surface area contributed by atoms with Crippen molar-refractivity contribution in [1.29, 1.82) is 0 Å². The Hall–Kier alpha value is -2.36. The minimum atomic E-state index is -0.938. The third-order valence-corrected chi connectivity index (χ3v) is 3.07. The molecule has 1 aromatic heterocycles. The Morgan fingerprint density at radius 1 is 1.42 bits per heavy atom. The number of hydrogen-bond donors (Lipinski definition) is 1. The Bertz CT molecular complexity index is 627. The zero-order chi connectivity index (χ0) is 13.8. The Morgan fingerprint density at radius 3 is 2.84 bits per heavy atom. The largest absolute Gasteiger partial charge is 0.478 e. The molecule has 1 heterocycles. The number of benzene rings is 1. The predicted octanol–water partition coefficient (Wildman–Crippen LogP) is 2.65. The van der Waals surface area contributed by atoms with E-state index in [4.69, 9.17) is 5.11 Å². The zero-order valence-electron chi connectivity index (χ0n) is 11.0. The topological polar surface area (TPSA) is 55.1 Å². The first kappa shape index (κ1) is 13.1. The van der Waals surface area contributed by atoms with Crippen molar-refractivity contribution < 1.29 is 9.90 Å². The van der Waals surface area contributed by atoms with Crippen molar-refractivity contribution in [2.24, 2.45) is 0 Å². The number of carboxylic acids is 1. The summed E-state index contributed by atoms with van der Waals surface area (Å²) in [5, 5.41) is 8.62. The smallest absolute Gasteiger partial charge is 0.328 e. The summed E-state index contributed by atoms with van der Waals surface area (Å²) in [5.41, 5.74) is 4.18. The molecule has 0 bridgehead atoms. The summed E-state index contributed by atoms with van der Waals surface area (Å²) >= 11 is 0. The Kier molecular flexibility index (Phi) is 3.80. The van der Waals surface area contributed by atoms with Crippen LogP contribution in [0.1, 0.15) is 22.5 Å². The average Bonchev–Trinajstić information content (AvgIpc) is 2.69. The minimum Gasteiger partial charge on any atom is -0.478 e. The molecule has 0 saturated heterocycles. The maximum atomic E-state index is 10.5. The molecule has 4 nitrogen and oxygen atoms in total. The van der Waals surface area contributed by atoms with Gasteiger partial charge < -0.3 is 9.67 Å². The number of carbonyl (C=O) groups is 1. The van der Waals surface area contributed by atoms with Crippen molar-refractivity contribution in [3.05, 3.63) is 59.2 Å². The molecule has 4 heteroatoms. The average molecular weight is 256 g/mol. The second kappa shape index (κ2) is 5.52. The summed E-state index contributed by atoms with van der Waals surface area (Å²) in [6.45, 7) is 4.76. The van der Waals surface area contributed by atoms with Crippen molar-refractivity contribution in [1.82, 2.24) is 9.55 Å². The molecular weight excluding hydrogens is 240 g/mol. The molecule has 1 aromatic carbocycles. The number of carboxylic acid groups (broad SMARTS) is 1. The number of nitrogens with zero attached hydrogens (tertiary/aromatic N) is 2. The molecule has 0 atom stereocenters. The fraction of sp³-hybridized carbons (Fsp3) is 0.200. The van der Waals surface area contributed by atoms with E-state index in [9.17, 15) is 4.79 Å². The van der Waals surface area contributed by atoms with Crippen LogP contribution in [0.2, 0.25) is 0 Å². The molecule has 0 aliphatic rings. The van der Waals surface area contributed by atoms with E-state index >= 15 is 0 Å². The number of rotatable bonds is 4. The molecule has 0 aliphatic heterocycles. The number of aromatic nitrogens is 2. The van der Waals surface area contributed by atoms with Crippen molar-refractivity contribution in [3.63, 3.8) is 0 Å². The van der Waals surface area contributed by atoms with Gasteiger partial charge in [0.2, 0.25) is 0 Å². The van der Waals surface area contributed by atoms with Gasteiger partial charge in [-0.2, -0.15) is 0 Å². The Morgan fingerprint density at radius 2 is 2.21 bits per heavy atom. The van der Waals surface area contributed by atoms with E-state index in [-0.39, 0.29) is 0 Å². The molecule has 2 aromatic rings. The summed E-state index contributed by atoms with van der Waals surface area (Å²) in [4.78, 5) is 14.8. The highest BCUT2D eigenvalue weighted by Gasteiger charge is 2.03. The van der Waals surface area contributed by atoms with Crippen molar-refractivity contribution in [2.45, 2.75) is 20.4 Å². The lowest BCUT2D eigenvalue weighted by Crippen LogP contribution is -2.00. The summed E-state index contributed by atoms with van der Waals surface area (Å²) in [7, 11) is 0. The van der Waals surface area contributed by atoms with E-state index in [0.717, 1.165) is 35.1 Å². The first-order valence-corrected chi connectivity index (χ1v) is 6.04. The first-order valence-electron chi connectivity index (χ1n) is 6.04. The molecule has 98 valence electrons. The molecule has 1 N–H and O–H groups in total. The maximum absolute atomic E-state index is 10.5. The van der Waals surface area contributed by atoms with Gasteiger partial charge in [-0.15, -0.1) is 0 Å². The van der Waals surface area contributed by atoms with Crippen LogP contribution in [-0.4, -0.2) is 20.6 Å². The van der Waals surface area contributed by atoms with Crippen molar-refractivity contribution >= 4 is 12.0 Å². The summed E-state index contributed by atoms with van der Waals surface area (Å²) in [6.07, 6.45) is 4.56. The molecule has 19 heavy (non-hydrogen) atoms. The summed E-state index contributed by atoms with van der Waals surface area (Å²) in [6, 6.07) is 7.81. The Balaban J connectivity index is 2.20. The summed E-state index contributed by atoms with van der Waals surface area (Å²) in [5.74, 6) is -0.938. The van der Waals surface area contributed by atoms with Crippen LogP contribution >= 0.6 is 0 Å². The third kappa shape index (κ3) is 3.31. The van der Waals surface area contributed by atoms with Crippen LogP contribution in [0, 0.1) is 13.8 Å². The van der Waals surface area contributed by atoms with Crippen molar-refractivity contribution in [3.8, 4) is 0 Å². The quantitative estimate of drug-likeness (QED) is 0.855. The monoisotopic (exact) mass is 256 g/mol. The van der Waals surface area contributed by atoms with Gasteiger partial charge in [-0.1, -0.05) is 18.2 Å². The van der Waals surface area contributed by atoms with Crippen LogP contribution in [0.25, 0.3) is 6.08 Å². The van der Waals surface area contributed by atoms with Gasteiger partial charge in [0.05, 0.1) is 12.0 Å². The normalized spacial score (nSPS) is 11.1. The second-order valence-corrected chi connectivity index (χ2v) is 4.46. The number of imidazole rings is 1. The van der Waals surface area contributed by atoms with E-state index in [1.54, 1.807) is 6.08 Å². The lowest BCUT2D eigenvalue weighted by molar-refractivity contribution is -0.131. The SMILES string of the molecule is Cc1ncn(Cc2cccc(C=CC(=O)O)c2)c1C. The van der Waals surface area contributed by atoms with E-state index in [0.29, 0.717) is 0 Å². The first-order chi connectivity index (χ1) is 9.06. The molecule has 0 unspecified atom stereocenters. The lowest BCUT2D eigenvalue weighted by atomic mass is 10.1. The van der Waals surface area contributed by atoms with E-state index in [1.165, 1.54) is 0 Å². The summed E-state index contributed by atoms with van der Waals surface area (Å²) < 4.78 is 2.08. The van der Waals surface area contributed by atoms with Crippen LogP contribution < -0.4 is 0 Å². The minimum absolute atomic E-state index is 0.738. The van der Waals surface area contributed by atoms with Crippen molar-refractivity contribution in [2.75, 3.05) is 0 Å². The third-order valence-electron chi connectivity index (χ3n) is 3.07. The van der Waals surface area contributed by atoms with E-state index in [1.807, 2.05) is 44.4 Å².